The molecule has 0 spiro atoms. The lowest BCUT2D eigenvalue weighted by molar-refractivity contribution is 0.397. The molecular weight excluding hydrogens is 252 g/mol. The van der Waals surface area contributed by atoms with Crippen molar-refractivity contribution in [3.63, 3.8) is 0 Å². The zero-order valence-corrected chi connectivity index (χ0v) is 13.0. The molecule has 2 rings (SSSR count). The Hall–Kier alpha value is -0.930. The van der Waals surface area contributed by atoms with Crippen LogP contribution in [0.15, 0.2) is 24.3 Å². The number of benzene rings is 1. The highest BCUT2D eigenvalue weighted by Gasteiger charge is 2.14. The van der Waals surface area contributed by atoms with Gasteiger partial charge in [-0.2, -0.15) is 0 Å². The van der Waals surface area contributed by atoms with Crippen molar-refractivity contribution in [2.24, 2.45) is 5.92 Å². The molecule has 0 radical (unpaired) electrons. The van der Waals surface area contributed by atoms with Crippen LogP contribution in [0, 0.1) is 5.92 Å². The average molecular weight is 276 g/mol. The summed E-state index contributed by atoms with van der Waals surface area (Å²) in [5, 5.41) is 4.87. The molecule has 0 aliphatic carbocycles. The van der Waals surface area contributed by atoms with Crippen molar-refractivity contribution >= 4 is 21.6 Å². The molecule has 1 N–H and O–H groups in total. The summed E-state index contributed by atoms with van der Waals surface area (Å²) in [6.45, 7) is 7.82. The van der Waals surface area contributed by atoms with Gasteiger partial charge < -0.3 is 5.32 Å². The Kier molecular flexibility index (Phi) is 5.34. The van der Waals surface area contributed by atoms with Gasteiger partial charge in [0.1, 0.15) is 0 Å². The number of thiazole rings is 1. The first-order valence-corrected chi connectivity index (χ1v) is 8.12. The van der Waals surface area contributed by atoms with Gasteiger partial charge >= 0.3 is 0 Å². The quantitative estimate of drug-likeness (QED) is 0.817. The van der Waals surface area contributed by atoms with Gasteiger partial charge in [-0.15, -0.1) is 11.3 Å². The minimum absolute atomic E-state index is 0.556. The summed E-state index contributed by atoms with van der Waals surface area (Å²) in [4.78, 5) is 4.75. The minimum atomic E-state index is 0.556. The fourth-order valence-electron chi connectivity index (χ4n) is 2.40. The van der Waals surface area contributed by atoms with Crippen LogP contribution in [-0.2, 0) is 6.42 Å². The van der Waals surface area contributed by atoms with E-state index in [9.17, 15) is 0 Å². The van der Waals surface area contributed by atoms with Crippen molar-refractivity contribution in [3.05, 3.63) is 29.3 Å². The van der Waals surface area contributed by atoms with Crippen LogP contribution in [0.5, 0.6) is 0 Å². The first-order chi connectivity index (χ1) is 9.22. The Morgan fingerprint density at radius 3 is 2.74 bits per heavy atom. The molecular formula is C16H24N2S. The summed E-state index contributed by atoms with van der Waals surface area (Å²) >= 11 is 1.84. The van der Waals surface area contributed by atoms with Crippen molar-refractivity contribution in [1.82, 2.24) is 10.3 Å². The van der Waals surface area contributed by atoms with Crippen molar-refractivity contribution < 1.29 is 0 Å². The molecule has 1 heterocycles. The number of rotatable bonds is 7. The first kappa shape index (κ1) is 14.5. The van der Waals surface area contributed by atoms with Crippen molar-refractivity contribution in [1.29, 1.82) is 0 Å². The van der Waals surface area contributed by atoms with E-state index in [1.165, 1.54) is 22.5 Å². The highest BCUT2D eigenvalue weighted by Crippen LogP contribution is 2.23. The maximum Gasteiger partial charge on any atom is 0.0954 e. The summed E-state index contributed by atoms with van der Waals surface area (Å²) in [6.07, 6.45) is 3.54. The fraction of sp³-hybridized carbons (Fsp3) is 0.562. The van der Waals surface area contributed by atoms with Gasteiger partial charge in [-0.1, -0.05) is 39.3 Å². The molecule has 2 aromatic rings. The van der Waals surface area contributed by atoms with Crippen LogP contribution in [0.2, 0.25) is 0 Å². The second kappa shape index (κ2) is 7.01. The van der Waals surface area contributed by atoms with Crippen LogP contribution in [0.1, 0.15) is 38.6 Å². The lowest BCUT2D eigenvalue weighted by Gasteiger charge is -2.20. The first-order valence-electron chi connectivity index (χ1n) is 7.30. The number of fused-ring (bicyclic) bond motifs is 1. The fourth-order valence-corrected chi connectivity index (χ4v) is 3.45. The third kappa shape index (κ3) is 4.02. The van der Waals surface area contributed by atoms with Gasteiger partial charge in [-0.05, 0) is 31.0 Å². The number of nitrogens with one attached hydrogen (secondary N) is 1. The van der Waals surface area contributed by atoms with Crippen LogP contribution in [0.4, 0.5) is 0 Å². The second-order valence-corrected chi connectivity index (χ2v) is 6.40. The Morgan fingerprint density at radius 1 is 1.26 bits per heavy atom. The number of likely N-dealkylation sites (N-methyl/N-ethyl adjacent to an activating group) is 1. The molecule has 2 unspecified atom stereocenters. The molecule has 0 aliphatic heterocycles. The van der Waals surface area contributed by atoms with Crippen molar-refractivity contribution in [3.8, 4) is 0 Å². The normalized spacial score (nSPS) is 14.7. The molecule has 3 heteroatoms. The molecule has 0 fully saturated rings. The number of aromatic nitrogens is 1. The molecule has 104 valence electrons. The van der Waals surface area contributed by atoms with Gasteiger partial charge in [0.25, 0.3) is 0 Å². The van der Waals surface area contributed by atoms with Crippen LogP contribution in [0.3, 0.4) is 0 Å². The standard InChI is InChI=1S/C16H24N2S/c1-4-12(3)10-13(17-5-2)11-16-18-14-8-6-7-9-15(14)19-16/h6-9,12-13,17H,4-5,10-11H2,1-3H3. The Labute approximate surface area is 120 Å². The Bertz CT molecular complexity index is 473. The van der Waals surface area contributed by atoms with Gasteiger partial charge in [-0.3, -0.25) is 0 Å². The number of nitrogens with zero attached hydrogens (tertiary/aromatic N) is 1. The Balaban J connectivity index is 2.07. The van der Waals surface area contributed by atoms with E-state index in [0.717, 1.165) is 24.4 Å². The third-order valence-corrected chi connectivity index (χ3v) is 4.69. The predicted octanol–water partition coefficient (Wildman–Crippen LogP) is 4.25. The molecule has 0 saturated heterocycles. The smallest absolute Gasteiger partial charge is 0.0954 e. The monoisotopic (exact) mass is 276 g/mol. The zero-order valence-electron chi connectivity index (χ0n) is 12.1. The molecule has 2 atom stereocenters. The van der Waals surface area contributed by atoms with Crippen molar-refractivity contribution in [2.45, 2.75) is 46.1 Å². The topological polar surface area (TPSA) is 24.9 Å². The predicted molar refractivity (Wildman–Crippen MR) is 84.9 cm³/mol. The molecule has 1 aromatic carbocycles. The average Bonchev–Trinajstić information content (AvgIpc) is 2.80. The Morgan fingerprint density at radius 2 is 2.05 bits per heavy atom. The lowest BCUT2D eigenvalue weighted by atomic mass is 9.97. The van der Waals surface area contributed by atoms with Gasteiger partial charge in [0, 0.05) is 12.5 Å². The maximum absolute atomic E-state index is 4.75. The maximum atomic E-state index is 4.75. The van der Waals surface area contributed by atoms with Crippen LogP contribution in [-0.4, -0.2) is 17.6 Å². The van der Waals surface area contributed by atoms with E-state index in [-0.39, 0.29) is 0 Å². The molecule has 0 amide bonds. The van der Waals surface area contributed by atoms with Crippen LogP contribution >= 0.6 is 11.3 Å². The van der Waals surface area contributed by atoms with E-state index >= 15 is 0 Å². The molecule has 0 bridgehead atoms. The van der Waals surface area contributed by atoms with E-state index in [1.807, 2.05) is 11.3 Å². The number of para-hydroxylation sites is 1. The molecule has 0 aliphatic rings. The van der Waals surface area contributed by atoms with Crippen LogP contribution in [0.25, 0.3) is 10.2 Å². The summed E-state index contributed by atoms with van der Waals surface area (Å²) in [5.41, 5.74) is 1.14. The number of hydrogen-bond donors (Lipinski definition) is 1. The highest BCUT2D eigenvalue weighted by atomic mass is 32.1. The summed E-state index contributed by atoms with van der Waals surface area (Å²) in [7, 11) is 0. The lowest BCUT2D eigenvalue weighted by Crippen LogP contribution is -2.32. The van der Waals surface area contributed by atoms with E-state index in [0.29, 0.717) is 6.04 Å². The third-order valence-electron chi connectivity index (χ3n) is 3.64. The minimum Gasteiger partial charge on any atom is -0.314 e. The largest absolute Gasteiger partial charge is 0.314 e. The molecule has 1 aromatic heterocycles. The van der Waals surface area contributed by atoms with Gasteiger partial charge in [-0.25, -0.2) is 4.98 Å². The van der Waals surface area contributed by atoms with Gasteiger partial charge in [0.15, 0.2) is 0 Å². The van der Waals surface area contributed by atoms with E-state index in [1.54, 1.807) is 0 Å². The van der Waals surface area contributed by atoms with Gasteiger partial charge in [0.2, 0.25) is 0 Å². The van der Waals surface area contributed by atoms with Crippen molar-refractivity contribution in [2.75, 3.05) is 6.54 Å². The summed E-state index contributed by atoms with van der Waals surface area (Å²) in [6, 6.07) is 8.97. The summed E-state index contributed by atoms with van der Waals surface area (Å²) < 4.78 is 1.30. The summed E-state index contributed by atoms with van der Waals surface area (Å²) in [5.74, 6) is 0.776. The van der Waals surface area contributed by atoms with E-state index in [2.05, 4.69) is 50.4 Å². The molecule has 0 saturated carbocycles. The zero-order chi connectivity index (χ0) is 13.7. The number of hydrogen-bond acceptors (Lipinski definition) is 3. The SMILES string of the molecule is CCNC(Cc1nc2ccccc2s1)CC(C)CC. The van der Waals surface area contributed by atoms with Crippen LogP contribution < -0.4 is 5.32 Å². The van der Waals surface area contributed by atoms with E-state index < -0.39 is 0 Å². The highest BCUT2D eigenvalue weighted by molar-refractivity contribution is 7.18. The second-order valence-electron chi connectivity index (χ2n) is 5.28. The van der Waals surface area contributed by atoms with Gasteiger partial charge in [0.05, 0.1) is 15.2 Å². The molecule has 2 nitrogen and oxygen atoms in total. The molecule has 19 heavy (non-hydrogen) atoms. The van der Waals surface area contributed by atoms with E-state index in [4.69, 9.17) is 4.98 Å².